The fourth-order valence-electron chi connectivity index (χ4n) is 1.57. The van der Waals surface area contributed by atoms with Crippen LogP contribution in [-0.2, 0) is 0 Å². The third-order valence-electron chi connectivity index (χ3n) is 2.17. The first-order valence-electron chi connectivity index (χ1n) is 4.02. The molecule has 0 bridgehead atoms. The van der Waals surface area contributed by atoms with Crippen LogP contribution in [0.2, 0.25) is 0 Å². The molecule has 0 unspecified atom stereocenters. The van der Waals surface area contributed by atoms with E-state index >= 15 is 0 Å². The third-order valence-corrected chi connectivity index (χ3v) is 3.74. The van der Waals surface area contributed by atoms with Crippen LogP contribution in [0.1, 0.15) is 0 Å². The van der Waals surface area contributed by atoms with E-state index in [0.29, 0.717) is 0 Å². The van der Waals surface area contributed by atoms with Gasteiger partial charge in [-0.05, 0) is 4.52 Å². The second-order valence-corrected chi connectivity index (χ2v) is 5.10. The Morgan fingerprint density at radius 1 is 1.46 bits per heavy atom. The second-order valence-electron chi connectivity index (χ2n) is 2.99. The van der Waals surface area contributed by atoms with Gasteiger partial charge >= 0.3 is 0 Å². The predicted octanol–water partition coefficient (Wildman–Crippen LogP) is 0.848. The molecular formula is C6H8IN5S. The van der Waals surface area contributed by atoms with Gasteiger partial charge in [-0.15, -0.1) is 0 Å². The number of nitrogens with zero attached hydrogens (tertiary/aromatic N) is 5. The number of hydrazone groups is 1. The number of hydrogen-bond donors (Lipinski definition) is 0. The van der Waals surface area contributed by atoms with Gasteiger partial charge in [0.15, 0.2) is 0 Å². The van der Waals surface area contributed by atoms with Crippen LogP contribution in [0.5, 0.6) is 0 Å². The first kappa shape index (κ1) is 8.33. The van der Waals surface area contributed by atoms with Crippen LogP contribution in [0.25, 0.3) is 0 Å². The standard InChI is InChI=1S/C6H8IN5S/c7-9-1-2-10-6(3-9)4-11-8-5-13-12(10)11/h4-5H,1-3H2. The van der Waals surface area contributed by atoms with Gasteiger partial charge in [0, 0.05) is 41.4 Å². The van der Waals surface area contributed by atoms with E-state index in [0.717, 1.165) is 19.6 Å². The number of rotatable bonds is 0. The van der Waals surface area contributed by atoms with E-state index in [4.69, 9.17) is 0 Å². The van der Waals surface area contributed by atoms with Crippen molar-refractivity contribution in [3.8, 4) is 0 Å². The van der Waals surface area contributed by atoms with Gasteiger partial charge in [-0.25, -0.2) is 3.11 Å². The lowest BCUT2D eigenvalue weighted by atomic mass is 10.3. The smallest absolute Gasteiger partial charge is 0.101 e. The summed E-state index contributed by atoms with van der Waals surface area (Å²) in [4.78, 5) is 0. The summed E-state index contributed by atoms with van der Waals surface area (Å²) in [5, 5.41) is 8.36. The summed E-state index contributed by atoms with van der Waals surface area (Å²) in [7, 11) is 0. The first-order chi connectivity index (χ1) is 6.34. The molecule has 3 aliphatic heterocycles. The molecule has 0 aromatic carbocycles. The summed E-state index contributed by atoms with van der Waals surface area (Å²) >= 11 is 3.98. The quantitative estimate of drug-likeness (QED) is 0.375. The average molecular weight is 309 g/mol. The Morgan fingerprint density at radius 3 is 3.31 bits per heavy atom. The molecule has 0 saturated carbocycles. The van der Waals surface area contributed by atoms with Crippen molar-refractivity contribution in [2.75, 3.05) is 19.6 Å². The maximum atomic E-state index is 4.21. The van der Waals surface area contributed by atoms with Crippen molar-refractivity contribution >= 4 is 40.4 Å². The fraction of sp³-hybridized carbons (Fsp3) is 0.500. The summed E-state index contributed by atoms with van der Waals surface area (Å²) in [5.41, 5.74) is 3.17. The van der Waals surface area contributed by atoms with Crippen LogP contribution in [0, 0.1) is 0 Å². The number of halogens is 1. The Balaban J connectivity index is 1.87. The molecule has 3 aliphatic rings. The molecule has 0 aliphatic carbocycles. The van der Waals surface area contributed by atoms with Crippen molar-refractivity contribution in [2.45, 2.75) is 0 Å². The molecule has 0 aromatic heterocycles. The number of hydrazine groups is 2. The first-order valence-corrected chi connectivity index (χ1v) is 5.82. The van der Waals surface area contributed by atoms with Gasteiger partial charge in [-0.3, -0.25) is 5.01 Å². The van der Waals surface area contributed by atoms with Crippen LogP contribution in [0.3, 0.4) is 0 Å². The number of fused-ring (bicyclic) bond motifs is 3. The highest BCUT2D eigenvalue weighted by Crippen LogP contribution is 2.33. The fourth-order valence-corrected chi connectivity index (χ4v) is 2.85. The number of piperazine rings is 1. The molecule has 3 heterocycles. The minimum Gasteiger partial charge on any atom is -0.276 e. The summed E-state index contributed by atoms with van der Waals surface area (Å²) in [6, 6.07) is 0. The van der Waals surface area contributed by atoms with Gasteiger partial charge in [-0.1, -0.05) is 0 Å². The van der Waals surface area contributed by atoms with Crippen LogP contribution in [-0.4, -0.2) is 42.9 Å². The van der Waals surface area contributed by atoms with E-state index < -0.39 is 0 Å². The van der Waals surface area contributed by atoms with Gasteiger partial charge in [0.2, 0.25) is 0 Å². The topological polar surface area (TPSA) is 25.3 Å². The normalized spacial score (nSPS) is 27.9. The Hall–Kier alpha value is 0.01000. The lowest BCUT2D eigenvalue weighted by molar-refractivity contribution is -0.0154. The second kappa shape index (κ2) is 3.01. The SMILES string of the molecule is IN1CCN2C(=CN3N=CSN32)C1. The molecule has 0 N–H and O–H groups in total. The Morgan fingerprint density at radius 2 is 2.38 bits per heavy atom. The summed E-state index contributed by atoms with van der Waals surface area (Å²) in [6.07, 6.45) is 2.08. The molecule has 70 valence electrons. The molecule has 3 rings (SSSR count). The zero-order chi connectivity index (χ0) is 8.84. The largest absolute Gasteiger partial charge is 0.276 e. The molecule has 0 amide bonds. The molecule has 1 saturated heterocycles. The third kappa shape index (κ3) is 1.25. The molecule has 7 heteroatoms. The van der Waals surface area contributed by atoms with E-state index in [1.807, 2.05) is 10.7 Å². The van der Waals surface area contributed by atoms with Crippen LogP contribution < -0.4 is 0 Å². The molecule has 0 atom stereocenters. The molecular weight excluding hydrogens is 301 g/mol. The van der Waals surface area contributed by atoms with Crippen molar-refractivity contribution in [2.24, 2.45) is 5.10 Å². The summed E-state index contributed by atoms with van der Waals surface area (Å²) < 4.78 is 4.37. The summed E-state index contributed by atoms with van der Waals surface area (Å²) in [6.45, 7) is 3.15. The average Bonchev–Trinajstić information content (AvgIpc) is 2.62. The van der Waals surface area contributed by atoms with E-state index in [-0.39, 0.29) is 0 Å². The summed E-state index contributed by atoms with van der Waals surface area (Å²) in [5.74, 6) is 0. The molecule has 13 heavy (non-hydrogen) atoms. The van der Waals surface area contributed by atoms with Crippen LogP contribution in [0.4, 0.5) is 0 Å². The highest BCUT2D eigenvalue weighted by atomic mass is 127. The minimum atomic E-state index is 1.00. The van der Waals surface area contributed by atoms with Crippen LogP contribution in [0.15, 0.2) is 17.0 Å². The monoisotopic (exact) mass is 309 g/mol. The van der Waals surface area contributed by atoms with E-state index in [9.17, 15) is 0 Å². The Labute approximate surface area is 94.6 Å². The van der Waals surface area contributed by atoms with Gasteiger partial charge in [0.25, 0.3) is 0 Å². The lowest BCUT2D eigenvalue weighted by Crippen LogP contribution is -2.45. The lowest BCUT2D eigenvalue weighted by Gasteiger charge is -2.34. The van der Waals surface area contributed by atoms with Crippen molar-refractivity contribution < 1.29 is 0 Å². The molecule has 5 nitrogen and oxygen atoms in total. The van der Waals surface area contributed by atoms with E-state index in [1.165, 1.54) is 5.70 Å². The molecule has 0 aromatic rings. The highest BCUT2D eigenvalue weighted by Gasteiger charge is 2.36. The van der Waals surface area contributed by atoms with Gasteiger partial charge in [0.1, 0.15) is 5.55 Å². The van der Waals surface area contributed by atoms with E-state index in [1.54, 1.807) is 11.9 Å². The van der Waals surface area contributed by atoms with Crippen molar-refractivity contribution in [3.63, 3.8) is 0 Å². The van der Waals surface area contributed by atoms with Crippen molar-refractivity contribution in [1.29, 1.82) is 0 Å². The molecule has 0 radical (unpaired) electrons. The molecule has 0 spiro atoms. The van der Waals surface area contributed by atoms with Crippen molar-refractivity contribution in [1.82, 2.24) is 17.8 Å². The van der Waals surface area contributed by atoms with Crippen molar-refractivity contribution in [3.05, 3.63) is 11.9 Å². The molecule has 1 fully saturated rings. The van der Waals surface area contributed by atoms with Gasteiger partial charge in [-0.2, -0.15) is 10.2 Å². The Kier molecular flexibility index (Phi) is 1.93. The minimum absolute atomic E-state index is 1.00. The maximum Gasteiger partial charge on any atom is 0.101 e. The Bertz CT molecular complexity index is 293. The highest BCUT2D eigenvalue weighted by molar-refractivity contribution is 14.1. The van der Waals surface area contributed by atoms with Crippen LogP contribution >= 0.6 is 34.8 Å². The van der Waals surface area contributed by atoms with Gasteiger partial charge in [0.05, 0.1) is 25.0 Å². The predicted molar refractivity (Wildman–Crippen MR) is 60.1 cm³/mol. The zero-order valence-corrected chi connectivity index (χ0v) is 9.77. The van der Waals surface area contributed by atoms with E-state index in [2.05, 4.69) is 46.8 Å². The van der Waals surface area contributed by atoms with Gasteiger partial charge < -0.3 is 0 Å². The zero-order valence-electron chi connectivity index (χ0n) is 6.80. The maximum absolute atomic E-state index is 4.21. The number of hydrogen-bond acceptors (Lipinski definition) is 6.